The summed E-state index contributed by atoms with van der Waals surface area (Å²) in [6.07, 6.45) is 1.08. The van der Waals surface area contributed by atoms with Crippen LogP contribution in [0.1, 0.15) is 16.1 Å². The van der Waals surface area contributed by atoms with Crippen molar-refractivity contribution < 1.29 is 22.7 Å². The van der Waals surface area contributed by atoms with E-state index in [0.29, 0.717) is 17.7 Å². The van der Waals surface area contributed by atoms with Crippen molar-refractivity contribution in [2.45, 2.75) is 6.54 Å². The largest absolute Gasteiger partial charge is 0.475 e. The van der Waals surface area contributed by atoms with E-state index >= 15 is 0 Å². The number of carboxylic acid groups (broad SMARTS) is 1. The van der Waals surface area contributed by atoms with E-state index in [2.05, 4.69) is 10.0 Å². The highest BCUT2D eigenvalue weighted by Gasteiger charge is 2.18. The SMILES string of the molecule is CS(=O)(=O)NCCNCc1c(C(=O)O)oc2ccccc12. The van der Waals surface area contributed by atoms with Gasteiger partial charge in [0.25, 0.3) is 0 Å². The predicted molar refractivity (Wildman–Crippen MR) is 77.7 cm³/mol. The third kappa shape index (κ3) is 4.03. The highest BCUT2D eigenvalue weighted by molar-refractivity contribution is 7.88. The molecule has 0 radical (unpaired) electrons. The molecule has 1 aromatic heterocycles. The third-order valence-corrected chi connectivity index (χ3v) is 3.59. The van der Waals surface area contributed by atoms with E-state index in [1.54, 1.807) is 24.3 Å². The molecule has 2 rings (SSSR count). The van der Waals surface area contributed by atoms with Gasteiger partial charge in [-0.25, -0.2) is 17.9 Å². The number of rotatable bonds is 7. The number of sulfonamides is 1. The lowest BCUT2D eigenvalue weighted by molar-refractivity contribution is 0.0663. The minimum atomic E-state index is -3.22. The van der Waals surface area contributed by atoms with E-state index in [1.807, 2.05) is 0 Å². The van der Waals surface area contributed by atoms with Gasteiger partial charge in [0, 0.05) is 30.6 Å². The lowest BCUT2D eigenvalue weighted by Gasteiger charge is -2.05. The summed E-state index contributed by atoms with van der Waals surface area (Å²) in [5, 5.41) is 12.9. The first-order valence-corrected chi connectivity index (χ1v) is 8.16. The molecule has 2 aromatic rings. The van der Waals surface area contributed by atoms with Gasteiger partial charge < -0.3 is 14.8 Å². The van der Waals surface area contributed by atoms with Crippen molar-refractivity contribution >= 4 is 27.0 Å². The summed E-state index contributed by atoms with van der Waals surface area (Å²) in [5.74, 6) is -1.22. The van der Waals surface area contributed by atoms with Gasteiger partial charge in [-0.1, -0.05) is 18.2 Å². The van der Waals surface area contributed by atoms with Crippen molar-refractivity contribution in [3.63, 3.8) is 0 Å². The van der Waals surface area contributed by atoms with Crippen LogP contribution in [0.15, 0.2) is 28.7 Å². The van der Waals surface area contributed by atoms with Crippen molar-refractivity contribution in [1.29, 1.82) is 0 Å². The monoisotopic (exact) mass is 312 g/mol. The summed E-state index contributed by atoms with van der Waals surface area (Å²) in [7, 11) is -3.22. The van der Waals surface area contributed by atoms with Gasteiger partial charge in [-0.15, -0.1) is 0 Å². The molecule has 8 heteroatoms. The number of carbonyl (C=O) groups is 1. The van der Waals surface area contributed by atoms with Crippen molar-refractivity contribution in [3.8, 4) is 0 Å². The summed E-state index contributed by atoms with van der Waals surface area (Å²) < 4.78 is 29.5. The van der Waals surface area contributed by atoms with Gasteiger partial charge in [0.15, 0.2) is 0 Å². The van der Waals surface area contributed by atoms with Crippen LogP contribution in [-0.4, -0.2) is 38.8 Å². The molecule has 0 spiro atoms. The molecule has 0 unspecified atom stereocenters. The lowest BCUT2D eigenvalue weighted by Crippen LogP contribution is -2.31. The molecule has 21 heavy (non-hydrogen) atoms. The van der Waals surface area contributed by atoms with E-state index in [-0.39, 0.29) is 18.8 Å². The molecule has 1 heterocycles. The van der Waals surface area contributed by atoms with Gasteiger partial charge in [0.2, 0.25) is 15.8 Å². The van der Waals surface area contributed by atoms with Gasteiger partial charge in [-0.05, 0) is 6.07 Å². The van der Waals surface area contributed by atoms with Crippen LogP contribution in [0.25, 0.3) is 11.0 Å². The van der Waals surface area contributed by atoms with Crippen molar-refractivity contribution in [2.24, 2.45) is 0 Å². The zero-order chi connectivity index (χ0) is 15.5. The van der Waals surface area contributed by atoms with Crippen LogP contribution in [-0.2, 0) is 16.6 Å². The van der Waals surface area contributed by atoms with Crippen molar-refractivity contribution in [3.05, 3.63) is 35.6 Å². The highest BCUT2D eigenvalue weighted by Crippen LogP contribution is 2.25. The molecule has 0 bridgehead atoms. The molecule has 7 nitrogen and oxygen atoms in total. The molecule has 0 aliphatic carbocycles. The number of aromatic carboxylic acids is 1. The van der Waals surface area contributed by atoms with Crippen LogP contribution < -0.4 is 10.0 Å². The Morgan fingerprint density at radius 2 is 2.00 bits per heavy atom. The Bertz CT molecular complexity index is 751. The normalized spacial score (nSPS) is 11.9. The van der Waals surface area contributed by atoms with Gasteiger partial charge in [-0.3, -0.25) is 0 Å². The topological polar surface area (TPSA) is 109 Å². The van der Waals surface area contributed by atoms with Gasteiger partial charge in [0.1, 0.15) is 5.58 Å². The average Bonchev–Trinajstić information content (AvgIpc) is 2.76. The van der Waals surface area contributed by atoms with E-state index in [1.165, 1.54) is 0 Å². The van der Waals surface area contributed by atoms with Gasteiger partial charge in [0.05, 0.1) is 6.26 Å². The standard InChI is InChI=1S/C13H16N2O5S/c1-21(18,19)15-7-6-14-8-10-9-4-2-3-5-11(9)20-12(10)13(16)17/h2-5,14-15H,6-8H2,1H3,(H,16,17). The van der Waals surface area contributed by atoms with Crippen LogP contribution in [0, 0.1) is 0 Å². The van der Waals surface area contributed by atoms with Crippen molar-refractivity contribution in [1.82, 2.24) is 10.0 Å². The Kier molecular flexibility index (Phi) is 4.61. The van der Waals surface area contributed by atoms with Crippen LogP contribution in [0.4, 0.5) is 0 Å². The Morgan fingerprint density at radius 1 is 1.29 bits per heavy atom. The predicted octanol–water partition coefficient (Wildman–Crippen LogP) is 0.770. The van der Waals surface area contributed by atoms with E-state index in [9.17, 15) is 13.2 Å². The second-order valence-electron chi connectivity index (χ2n) is 4.55. The molecule has 0 fully saturated rings. The summed E-state index contributed by atoms with van der Waals surface area (Å²) >= 11 is 0. The Labute approximate surface area is 122 Å². The molecule has 3 N–H and O–H groups in total. The second kappa shape index (κ2) is 6.25. The first kappa shape index (κ1) is 15.5. The minimum Gasteiger partial charge on any atom is -0.475 e. The number of carboxylic acids is 1. The number of benzene rings is 1. The first-order chi connectivity index (χ1) is 9.88. The number of fused-ring (bicyclic) bond motifs is 1. The smallest absolute Gasteiger partial charge is 0.372 e. The van der Waals surface area contributed by atoms with Gasteiger partial charge >= 0.3 is 5.97 Å². The summed E-state index contributed by atoms with van der Waals surface area (Å²) in [4.78, 5) is 11.2. The first-order valence-electron chi connectivity index (χ1n) is 6.27. The summed E-state index contributed by atoms with van der Waals surface area (Å²) in [5.41, 5.74) is 1.07. The molecule has 1 aromatic carbocycles. The highest BCUT2D eigenvalue weighted by atomic mass is 32.2. The molecular weight excluding hydrogens is 296 g/mol. The van der Waals surface area contributed by atoms with Crippen LogP contribution in [0.2, 0.25) is 0 Å². The maximum absolute atomic E-state index is 11.2. The molecule has 0 aliphatic rings. The quantitative estimate of drug-likeness (QED) is 0.652. The molecule has 0 atom stereocenters. The molecule has 0 amide bonds. The molecule has 114 valence electrons. The minimum absolute atomic E-state index is 0.0974. The molecular formula is C13H16N2O5S. The van der Waals surface area contributed by atoms with Gasteiger partial charge in [-0.2, -0.15) is 0 Å². The number of hydrogen-bond donors (Lipinski definition) is 3. The lowest BCUT2D eigenvalue weighted by atomic mass is 10.1. The molecule has 0 aliphatic heterocycles. The van der Waals surface area contributed by atoms with E-state index < -0.39 is 16.0 Å². The number of para-hydroxylation sites is 1. The Balaban J connectivity index is 2.07. The maximum atomic E-state index is 11.2. The molecule has 0 saturated heterocycles. The number of hydrogen-bond acceptors (Lipinski definition) is 5. The molecule has 0 saturated carbocycles. The van der Waals surface area contributed by atoms with E-state index in [4.69, 9.17) is 9.52 Å². The fourth-order valence-corrected chi connectivity index (χ4v) is 2.46. The Morgan fingerprint density at radius 3 is 2.67 bits per heavy atom. The van der Waals surface area contributed by atoms with Crippen LogP contribution >= 0.6 is 0 Å². The second-order valence-corrected chi connectivity index (χ2v) is 6.39. The maximum Gasteiger partial charge on any atom is 0.372 e. The van der Waals surface area contributed by atoms with E-state index in [0.717, 1.165) is 11.6 Å². The fraction of sp³-hybridized carbons (Fsp3) is 0.308. The summed E-state index contributed by atoms with van der Waals surface area (Å²) in [6, 6.07) is 7.07. The van der Waals surface area contributed by atoms with Crippen molar-refractivity contribution in [2.75, 3.05) is 19.3 Å². The number of nitrogens with one attached hydrogen (secondary N) is 2. The fourth-order valence-electron chi connectivity index (χ4n) is 1.99. The zero-order valence-electron chi connectivity index (χ0n) is 11.4. The van der Waals surface area contributed by atoms with Crippen LogP contribution in [0.5, 0.6) is 0 Å². The third-order valence-electron chi connectivity index (χ3n) is 2.86. The number of furan rings is 1. The van der Waals surface area contributed by atoms with Crippen LogP contribution in [0.3, 0.4) is 0 Å². The zero-order valence-corrected chi connectivity index (χ0v) is 12.2. The Hall–Kier alpha value is -1.90. The average molecular weight is 312 g/mol. The summed E-state index contributed by atoms with van der Waals surface area (Å²) in [6.45, 7) is 0.896.